The molecule has 0 fully saturated rings. The molecule has 0 bridgehead atoms. The van der Waals surface area contributed by atoms with Crippen molar-refractivity contribution < 1.29 is 9.21 Å². The maximum Gasteiger partial charge on any atom is 0.275 e. The van der Waals surface area contributed by atoms with Gasteiger partial charge in [-0.05, 0) is 31.9 Å². The standard InChI is InChI=1S/C24H29N3O2/c1-18(2)27(15-21-12-8-9-19(3)13-21)16-23-25-22(17-29-23)24(28)26(4)14-20-10-6-5-7-11-20/h5-13,17-18H,14-16H2,1-4H3. The zero-order chi connectivity index (χ0) is 20.8. The van der Waals surface area contributed by atoms with Crippen LogP contribution in [0.5, 0.6) is 0 Å². The highest BCUT2D eigenvalue weighted by Gasteiger charge is 2.19. The number of amides is 1. The summed E-state index contributed by atoms with van der Waals surface area (Å²) in [5, 5.41) is 0. The minimum Gasteiger partial charge on any atom is -0.447 e. The minimum absolute atomic E-state index is 0.140. The fraction of sp³-hybridized carbons (Fsp3) is 0.333. The zero-order valence-corrected chi connectivity index (χ0v) is 17.6. The summed E-state index contributed by atoms with van der Waals surface area (Å²) in [5.74, 6) is 0.418. The minimum atomic E-state index is -0.140. The molecule has 152 valence electrons. The van der Waals surface area contributed by atoms with Crippen molar-refractivity contribution in [3.63, 3.8) is 0 Å². The zero-order valence-electron chi connectivity index (χ0n) is 17.6. The molecule has 0 aliphatic rings. The lowest BCUT2D eigenvalue weighted by atomic mass is 10.1. The summed E-state index contributed by atoms with van der Waals surface area (Å²) in [5.41, 5.74) is 3.93. The second kappa shape index (κ2) is 9.52. The molecule has 0 N–H and O–H groups in total. The highest BCUT2D eigenvalue weighted by molar-refractivity contribution is 5.91. The van der Waals surface area contributed by atoms with Gasteiger partial charge in [0.2, 0.25) is 5.89 Å². The lowest BCUT2D eigenvalue weighted by Crippen LogP contribution is -2.30. The van der Waals surface area contributed by atoms with E-state index >= 15 is 0 Å². The monoisotopic (exact) mass is 391 g/mol. The Balaban J connectivity index is 1.65. The van der Waals surface area contributed by atoms with Crippen LogP contribution in [0.25, 0.3) is 0 Å². The third-order valence-electron chi connectivity index (χ3n) is 4.92. The molecular weight excluding hydrogens is 362 g/mol. The molecule has 29 heavy (non-hydrogen) atoms. The summed E-state index contributed by atoms with van der Waals surface area (Å²) in [4.78, 5) is 21.1. The number of nitrogens with zero attached hydrogens (tertiary/aromatic N) is 3. The molecule has 2 aromatic carbocycles. The molecule has 0 atom stereocenters. The Hall–Kier alpha value is -2.92. The number of hydrogen-bond donors (Lipinski definition) is 0. The predicted octanol–water partition coefficient (Wildman–Crippen LogP) is 4.67. The molecule has 5 heteroatoms. The topological polar surface area (TPSA) is 49.6 Å². The Morgan fingerprint density at radius 2 is 1.72 bits per heavy atom. The van der Waals surface area contributed by atoms with Crippen LogP contribution in [0, 0.1) is 6.92 Å². The molecule has 0 saturated carbocycles. The van der Waals surface area contributed by atoms with Gasteiger partial charge >= 0.3 is 0 Å². The van der Waals surface area contributed by atoms with Crippen LogP contribution in [0.4, 0.5) is 0 Å². The molecule has 1 heterocycles. The number of carbonyl (C=O) groups is 1. The van der Waals surface area contributed by atoms with Gasteiger partial charge in [-0.25, -0.2) is 4.98 Å². The third kappa shape index (κ3) is 5.78. The van der Waals surface area contributed by atoms with Gasteiger partial charge in [0.1, 0.15) is 6.26 Å². The van der Waals surface area contributed by atoms with Crippen LogP contribution in [0.1, 0.15) is 46.9 Å². The van der Waals surface area contributed by atoms with Crippen molar-refractivity contribution in [3.05, 3.63) is 89.1 Å². The molecule has 3 aromatic rings. The number of oxazole rings is 1. The van der Waals surface area contributed by atoms with E-state index < -0.39 is 0 Å². The molecule has 1 amide bonds. The van der Waals surface area contributed by atoms with E-state index in [1.54, 1.807) is 11.9 Å². The van der Waals surface area contributed by atoms with Gasteiger partial charge in [0, 0.05) is 26.2 Å². The number of benzene rings is 2. The van der Waals surface area contributed by atoms with Gasteiger partial charge in [-0.15, -0.1) is 0 Å². The SMILES string of the molecule is Cc1cccc(CN(Cc2nc(C(=O)N(C)Cc3ccccc3)co2)C(C)C)c1. The Morgan fingerprint density at radius 3 is 2.41 bits per heavy atom. The number of hydrogen-bond acceptors (Lipinski definition) is 4. The number of aromatic nitrogens is 1. The average molecular weight is 392 g/mol. The highest BCUT2D eigenvalue weighted by Crippen LogP contribution is 2.15. The molecule has 1 aromatic heterocycles. The van der Waals surface area contributed by atoms with Crippen molar-refractivity contribution >= 4 is 5.91 Å². The first-order chi connectivity index (χ1) is 13.9. The van der Waals surface area contributed by atoms with E-state index in [1.165, 1.54) is 17.4 Å². The smallest absolute Gasteiger partial charge is 0.275 e. The summed E-state index contributed by atoms with van der Waals surface area (Å²) in [6.07, 6.45) is 1.46. The Kier molecular flexibility index (Phi) is 6.83. The van der Waals surface area contributed by atoms with Gasteiger partial charge < -0.3 is 9.32 Å². The van der Waals surface area contributed by atoms with Crippen molar-refractivity contribution in [2.75, 3.05) is 7.05 Å². The normalized spacial score (nSPS) is 11.2. The van der Waals surface area contributed by atoms with Gasteiger partial charge in [0.05, 0.1) is 6.54 Å². The summed E-state index contributed by atoms with van der Waals surface area (Å²) < 4.78 is 5.63. The first-order valence-electron chi connectivity index (χ1n) is 9.95. The van der Waals surface area contributed by atoms with Crippen LogP contribution in [0.3, 0.4) is 0 Å². The van der Waals surface area contributed by atoms with Gasteiger partial charge in [-0.1, -0.05) is 60.2 Å². The Morgan fingerprint density at radius 1 is 1.00 bits per heavy atom. The van der Waals surface area contributed by atoms with E-state index in [1.807, 2.05) is 30.3 Å². The summed E-state index contributed by atoms with van der Waals surface area (Å²) >= 11 is 0. The van der Waals surface area contributed by atoms with Crippen LogP contribution in [0.2, 0.25) is 0 Å². The molecule has 0 saturated heterocycles. The Labute approximate surface area is 173 Å². The number of rotatable bonds is 8. The molecule has 0 aliphatic carbocycles. The molecule has 0 radical (unpaired) electrons. The van der Waals surface area contributed by atoms with Crippen LogP contribution in [-0.4, -0.2) is 33.8 Å². The van der Waals surface area contributed by atoms with E-state index in [-0.39, 0.29) is 5.91 Å². The van der Waals surface area contributed by atoms with Crippen LogP contribution >= 0.6 is 0 Å². The molecule has 5 nitrogen and oxygen atoms in total. The van der Waals surface area contributed by atoms with Crippen molar-refractivity contribution in [2.45, 2.75) is 46.4 Å². The number of carbonyl (C=O) groups excluding carboxylic acids is 1. The quantitative estimate of drug-likeness (QED) is 0.560. The van der Waals surface area contributed by atoms with E-state index in [4.69, 9.17) is 4.42 Å². The largest absolute Gasteiger partial charge is 0.447 e. The first-order valence-corrected chi connectivity index (χ1v) is 9.95. The number of aryl methyl sites for hydroxylation is 1. The van der Waals surface area contributed by atoms with E-state index in [2.05, 4.69) is 54.9 Å². The lowest BCUT2D eigenvalue weighted by molar-refractivity contribution is 0.0779. The predicted molar refractivity (Wildman–Crippen MR) is 114 cm³/mol. The summed E-state index contributed by atoms with van der Waals surface area (Å²) in [6.45, 7) is 8.30. The molecule has 3 rings (SSSR count). The summed E-state index contributed by atoms with van der Waals surface area (Å²) in [7, 11) is 1.78. The molecule has 0 spiro atoms. The first kappa shape index (κ1) is 20.8. The van der Waals surface area contributed by atoms with Crippen LogP contribution in [0.15, 0.2) is 65.3 Å². The maximum absolute atomic E-state index is 12.7. The fourth-order valence-corrected chi connectivity index (χ4v) is 3.25. The van der Waals surface area contributed by atoms with Crippen LogP contribution in [-0.2, 0) is 19.6 Å². The third-order valence-corrected chi connectivity index (χ3v) is 4.92. The average Bonchev–Trinajstić information content (AvgIpc) is 3.16. The van der Waals surface area contributed by atoms with Crippen LogP contribution < -0.4 is 0 Å². The second-order valence-corrected chi connectivity index (χ2v) is 7.76. The summed E-state index contributed by atoms with van der Waals surface area (Å²) in [6, 6.07) is 18.7. The van der Waals surface area contributed by atoms with Crippen molar-refractivity contribution in [1.29, 1.82) is 0 Å². The van der Waals surface area contributed by atoms with Gasteiger partial charge in [0.25, 0.3) is 5.91 Å². The van der Waals surface area contributed by atoms with E-state index in [9.17, 15) is 4.79 Å². The molecule has 0 unspecified atom stereocenters. The lowest BCUT2D eigenvalue weighted by Gasteiger charge is -2.25. The van der Waals surface area contributed by atoms with Gasteiger partial charge in [0.15, 0.2) is 5.69 Å². The van der Waals surface area contributed by atoms with E-state index in [0.717, 1.165) is 12.1 Å². The molecular formula is C24H29N3O2. The Bertz CT molecular complexity index is 934. The second-order valence-electron chi connectivity index (χ2n) is 7.76. The van der Waals surface area contributed by atoms with E-state index in [0.29, 0.717) is 30.7 Å². The maximum atomic E-state index is 12.7. The fourth-order valence-electron chi connectivity index (χ4n) is 3.25. The van der Waals surface area contributed by atoms with Gasteiger partial charge in [-0.2, -0.15) is 0 Å². The molecule has 0 aliphatic heterocycles. The van der Waals surface area contributed by atoms with Crippen molar-refractivity contribution in [2.24, 2.45) is 0 Å². The van der Waals surface area contributed by atoms with Crippen molar-refractivity contribution in [1.82, 2.24) is 14.8 Å². The highest BCUT2D eigenvalue weighted by atomic mass is 16.3. The van der Waals surface area contributed by atoms with Crippen molar-refractivity contribution in [3.8, 4) is 0 Å². The van der Waals surface area contributed by atoms with Gasteiger partial charge in [-0.3, -0.25) is 9.69 Å².